The molecule has 74 valence electrons. The number of ether oxygens (including phenoxy) is 1. The maximum atomic E-state index is 5.04. The fourth-order valence-electron chi connectivity index (χ4n) is 0.785. The first-order valence-corrected chi connectivity index (χ1v) is 4.67. The predicted molar refractivity (Wildman–Crippen MR) is 58.2 cm³/mol. The quantitative estimate of drug-likeness (QED) is 0.640. The van der Waals surface area contributed by atoms with Gasteiger partial charge in [-0.2, -0.15) is 0 Å². The Bertz CT molecular complexity index is 226. The molecule has 0 saturated carbocycles. The van der Waals surface area contributed by atoms with Gasteiger partial charge in [0.1, 0.15) is 5.75 Å². The second-order valence-corrected chi connectivity index (χ2v) is 3.70. The van der Waals surface area contributed by atoms with Crippen molar-refractivity contribution in [1.82, 2.24) is 0 Å². The zero-order valence-corrected chi connectivity index (χ0v) is 9.29. The van der Waals surface area contributed by atoms with Crippen LogP contribution in [0.4, 0.5) is 0 Å². The summed E-state index contributed by atoms with van der Waals surface area (Å²) >= 11 is 0. The summed E-state index contributed by atoms with van der Waals surface area (Å²) in [4.78, 5) is 0. The van der Waals surface area contributed by atoms with Gasteiger partial charge in [0.2, 0.25) is 0 Å². The van der Waals surface area contributed by atoms with Gasteiger partial charge in [-0.05, 0) is 24.5 Å². The van der Waals surface area contributed by atoms with Crippen molar-refractivity contribution in [3.63, 3.8) is 0 Å². The Morgan fingerprint density at radius 1 is 1.08 bits per heavy atom. The number of para-hydroxylation sites is 1. The largest absolute Gasteiger partial charge is 0.496 e. The molecule has 0 aromatic heterocycles. The van der Waals surface area contributed by atoms with Gasteiger partial charge in [-0.1, -0.05) is 39.0 Å². The number of benzene rings is 1. The Morgan fingerprint density at radius 3 is 1.85 bits per heavy atom. The first kappa shape index (κ1) is 12.0. The van der Waals surface area contributed by atoms with Crippen LogP contribution < -0.4 is 4.74 Å². The van der Waals surface area contributed by atoms with E-state index < -0.39 is 0 Å². The number of hydrogen-bond acceptors (Lipinski definition) is 1. The molecule has 0 fully saturated rings. The van der Waals surface area contributed by atoms with Crippen LogP contribution in [0.15, 0.2) is 24.3 Å². The zero-order chi connectivity index (χ0) is 10.3. The van der Waals surface area contributed by atoms with Crippen LogP contribution in [-0.2, 0) is 0 Å². The van der Waals surface area contributed by atoms with Gasteiger partial charge in [0, 0.05) is 0 Å². The van der Waals surface area contributed by atoms with Gasteiger partial charge in [0.05, 0.1) is 7.11 Å². The second kappa shape index (κ2) is 6.53. The van der Waals surface area contributed by atoms with E-state index in [2.05, 4.69) is 20.8 Å². The van der Waals surface area contributed by atoms with Gasteiger partial charge in [-0.3, -0.25) is 0 Å². The molecular weight excluding hydrogens is 160 g/mol. The first-order valence-electron chi connectivity index (χ1n) is 4.67. The van der Waals surface area contributed by atoms with Crippen LogP contribution in [0.5, 0.6) is 5.75 Å². The maximum Gasteiger partial charge on any atom is 0.121 e. The average Bonchev–Trinajstić information content (AvgIpc) is 2.04. The maximum absolute atomic E-state index is 5.04. The summed E-state index contributed by atoms with van der Waals surface area (Å²) in [5, 5.41) is 0. The van der Waals surface area contributed by atoms with Crippen molar-refractivity contribution in [2.24, 2.45) is 5.92 Å². The van der Waals surface area contributed by atoms with E-state index in [9.17, 15) is 0 Å². The van der Waals surface area contributed by atoms with Gasteiger partial charge in [-0.15, -0.1) is 0 Å². The van der Waals surface area contributed by atoms with Crippen LogP contribution >= 0.6 is 0 Å². The lowest BCUT2D eigenvalue weighted by atomic mass is 10.2. The Hall–Kier alpha value is -0.980. The van der Waals surface area contributed by atoms with E-state index in [1.807, 2.05) is 31.2 Å². The van der Waals surface area contributed by atoms with Crippen molar-refractivity contribution in [3.05, 3.63) is 29.8 Å². The minimum atomic E-state index is 0.833. The second-order valence-electron chi connectivity index (χ2n) is 3.70. The molecule has 1 aromatic rings. The van der Waals surface area contributed by atoms with E-state index in [0.29, 0.717) is 0 Å². The van der Waals surface area contributed by atoms with Gasteiger partial charge in [0.15, 0.2) is 0 Å². The molecule has 13 heavy (non-hydrogen) atoms. The molecule has 0 bridgehead atoms. The molecular formula is C12H20O. The fourth-order valence-corrected chi connectivity index (χ4v) is 0.785. The van der Waals surface area contributed by atoms with E-state index in [4.69, 9.17) is 4.74 Å². The molecule has 0 unspecified atom stereocenters. The summed E-state index contributed by atoms with van der Waals surface area (Å²) in [7, 11) is 1.68. The molecule has 0 aliphatic rings. The van der Waals surface area contributed by atoms with Crippen LogP contribution in [-0.4, -0.2) is 7.11 Å². The third kappa shape index (κ3) is 6.21. The molecule has 0 radical (unpaired) electrons. The van der Waals surface area contributed by atoms with Crippen molar-refractivity contribution >= 4 is 0 Å². The summed E-state index contributed by atoms with van der Waals surface area (Å²) in [6.45, 7) is 8.53. The molecule has 0 aliphatic carbocycles. The van der Waals surface area contributed by atoms with E-state index in [-0.39, 0.29) is 0 Å². The summed E-state index contributed by atoms with van der Waals surface area (Å²) in [5.74, 6) is 1.79. The summed E-state index contributed by atoms with van der Waals surface area (Å²) in [6.07, 6.45) is 0. The van der Waals surface area contributed by atoms with Gasteiger partial charge < -0.3 is 4.74 Å². The van der Waals surface area contributed by atoms with Crippen molar-refractivity contribution in [3.8, 4) is 5.75 Å². The Balaban J connectivity index is 0.000000310. The summed E-state index contributed by atoms with van der Waals surface area (Å²) < 4.78 is 5.04. The molecule has 0 amide bonds. The lowest BCUT2D eigenvalue weighted by molar-refractivity contribution is 0.411. The molecule has 0 spiro atoms. The highest BCUT2D eigenvalue weighted by atomic mass is 16.5. The Kier molecular flexibility index (Phi) is 6.03. The van der Waals surface area contributed by atoms with Crippen LogP contribution in [0.1, 0.15) is 26.3 Å². The predicted octanol–water partition coefficient (Wildman–Crippen LogP) is 3.67. The summed E-state index contributed by atoms with van der Waals surface area (Å²) in [6, 6.07) is 7.94. The van der Waals surface area contributed by atoms with Crippen LogP contribution in [0.2, 0.25) is 0 Å². The van der Waals surface area contributed by atoms with Crippen molar-refractivity contribution in [1.29, 1.82) is 0 Å². The van der Waals surface area contributed by atoms with E-state index >= 15 is 0 Å². The van der Waals surface area contributed by atoms with Gasteiger partial charge >= 0.3 is 0 Å². The SMILES string of the molecule is CC(C)C.COc1ccccc1C. The fraction of sp³-hybridized carbons (Fsp3) is 0.500. The van der Waals surface area contributed by atoms with Crippen molar-refractivity contribution in [2.75, 3.05) is 7.11 Å². The minimum Gasteiger partial charge on any atom is -0.496 e. The normalized spacial score (nSPS) is 9.08. The highest BCUT2D eigenvalue weighted by Crippen LogP contribution is 2.14. The van der Waals surface area contributed by atoms with Gasteiger partial charge in [0.25, 0.3) is 0 Å². The molecule has 1 nitrogen and oxygen atoms in total. The lowest BCUT2D eigenvalue weighted by Crippen LogP contribution is -1.84. The molecule has 1 aromatic carbocycles. The number of aryl methyl sites for hydroxylation is 1. The van der Waals surface area contributed by atoms with E-state index in [0.717, 1.165) is 11.7 Å². The average molecular weight is 180 g/mol. The van der Waals surface area contributed by atoms with Crippen LogP contribution in [0.3, 0.4) is 0 Å². The first-order chi connectivity index (χ1) is 6.07. The molecule has 0 aliphatic heterocycles. The molecule has 0 heterocycles. The van der Waals surface area contributed by atoms with Gasteiger partial charge in [-0.25, -0.2) is 0 Å². The summed E-state index contributed by atoms with van der Waals surface area (Å²) in [5.41, 5.74) is 1.18. The van der Waals surface area contributed by atoms with E-state index in [1.165, 1.54) is 5.56 Å². The number of hydrogen-bond donors (Lipinski definition) is 0. The topological polar surface area (TPSA) is 9.23 Å². The highest BCUT2D eigenvalue weighted by molar-refractivity contribution is 5.31. The zero-order valence-electron chi connectivity index (χ0n) is 9.29. The lowest BCUT2D eigenvalue weighted by Gasteiger charge is -2.00. The smallest absolute Gasteiger partial charge is 0.121 e. The third-order valence-electron chi connectivity index (χ3n) is 1.31. The molecule has 0 atom stereocenters. The Labute approximate surface area is 81.7 Å². The molecule has 1 heteroatoms. The minimum absolute atomic E-state index is 0.833. The van der Waals surface area contributed by atoms with Crippen molar-refractivity contribution in [2.45, 2.75) is 27.7 Å². The van der Waals surface area contributed by atoms with Crippen molar-refractivity contribution < 1.29 is 4.74 Å². The van der Waals surface area contributed by atoms with Crippen LogP contribution in [0.25, 0.3) is 0 Å². The van der Waals surface area contributed by atoms with Crippen LogP contribution in [0, 0.1) is 12.8 Å². The number of rotatable bonds is 1. The number of methoxy groups -OCH3 is 1. The Morgan fingerprint density at radius 2 is 1.54 bits per heavy atom. The third-order valence-corrected chi connectivity index (χ3v) is 1.31. The molecule has 0 saturated heterocycles. The van der Waals surface area contributed by atoms with E-state index in [1.54, 1.807) is 7.11 Å². The molecule has 0 N–H and O–H groups in total. The highest BCUT2D eigenvalue weighted by Gasteiger charge is 1.90. The molecule has 1 rings (SSSR count). The monoisotopic (exact) mass is 180 g/mol. The standard InChI is InChI=1S/C8H10O.C4H10/c1-7-5-3-4-6-8(7)9-2;1-4(2)3/h3-6H,1-2H3;4H,1-3H3.